The van der Waals surface area contributed by atoms with Gasteiger partial charge in [0.2, 0.25) is 0 Å². The molecule has 0 unspecified atom stereocenters. The summed E-state index contributed by atoms with van der Waals surface area (Å²) in [6.45, 7) is 0. The first-order chi connectivity index (χ1) is 12.1. The molecule has 0 atom stereocenters. The maximum absolute atomic E-state index is 14.8. The van der Waals surface area contributed by atoms with Crippen molar-refractivity contribution in [2.45, 2.75) is 6.42 Å². The molecule has 5 nitrogen and oxygen atoms in total. The molecule has 1 heterocycles. The van der Waals surface area contributed by atoms with E-state index in [1.54, 1.807) is 18.2 Å². The van der Waals surface area contributed by atoms with E-state index in [1.165, 1.54) is 30.3 Å². The molecule has 0 bridgehead atoms. The van der Waals surface area contributed by atoms with E-state index in [4.69, 9.17) is 21.6 Å². The number of nitriles is 1. The molecule has 0 aliphatic carbocycles. The Labute approximate surface area is 147 Å². The van der Waals surface area contributed by atoms with E-state index in [-0.39, 0.29) is 22.8 Å². The number of rotatable bonds is 4. The van der Waals surface area contributed by atoms with Crippen LogP contribution in [0.2, 0.25) is 5.02 Å². The van der Waals surface area contributed by atoms with E-state index in [1.807, 2.05) is 6.07 Å². The Hall–Kier alpha value is -3.17. The van der Waals surface area contributed by atoms with E-state index < -0.39 is 5.82 Å². The Bertz CT molecular complexity index is 1010. The number of ether oxygens (including phenoxy) is 1. The number of benzene rings is 2. The van der Waals surface area contributed by atoms with Crippen LogP contribution >= 0.6 is 11.6 Å². The van der Waals surface area contributed by atoms with Crippen LogP contribution in [-0.4, -0.2) is 10.2 Å². The van der Waals surface area contributed by atoms with E-state index in [2.05, 4.69) is 10.2 Å². The average molecular weight is 356 g/mol. The van der Waals surface area contributed by atoms with E-state index >= 15 is 0 Å². The number of nitrogens with one attached hydrogen (secondary N) is 1. The zero-order chi connectivity index (χ0) is 17.8. The first-order valence-corrected chi connectivity index (χ1v) is 7.64. The van der Waals surface area contributed by atoms with Crippen LogP contribution in [0.15, 0.2) is 53.3 Å². The van der Waals surface area contributed by atoms with Crippen LogP contribution in [0.5, 0.6) is 11.5 Å². The number of aromatic amines is 1. The highest BCUT2D eigenvalue weighted by atomic mass is 35.5. The molecular formula is C18H11ClFN3O2. The summed E-state index contributed by atoms with van der Waals surface area (Å²) in [5.41, 5.74) is 0.873. The van der Waals surface area contributed by atoms with Crippen molar-refractivity contribution >= 4 is 11.6 Å². The Kier molecular flexibility index (Phi) is 4.78. The van der Waals surface area contributed by atoms with Crippen molar-refractivity contribution in [3.8, 4) is 17.6 Å². The molecule has 124 valence electrons. The van der Waals surface area contributed by atoms with Crippen LogP contribution in [0.25, 0.3) is 0 Å². The molecule has 25 heavy (non-hydrogen) atoms. The van der Waals surface area contributed by atoms with Crippen molar-refractivity contribution < 1.29 is 9.13 Å². The standard InChI is InChI=1S/C18H11ClFN3O2/c19-15-6-4-12(9-13-5-7-16(24)23-22-13)17(20)18(15)25-14-3-1-2-11(8-14)10-21/h1-8H,9H2,(H,23,24). The topological polar surface area (TPSA) is 78.8 Å². The normalized spacial score (nSPS) is 10.3. The second-order valence-electron chi connectivity index (χ2n) is 5.18. The maximum atomic E-state index is 14.8. The monoisotopic (exact) mass is 355 g/mol. The van der Waals surface area contributed by atoms with Crippen LogP contribution in [0.1, 0.15) is 16.8 Å². The van der Waals surface area contributed by atoms with Crippen molar-refractivity contribution in [3.63, 3.8) is 0 Å². The van der Waals surface area contributed by atoms with Crippen LogP contribution in [0.4, 0.5) is 4.39 Å². The smallest absolute Gasteiger partial charge is 0.264 e. The molecule has 2 aromatic carbocycles. The molecular weight excluding hydrogens is 345 g/mol. The van der Waals surface area contributed by atoms with Gasteiger partial charge in [0.25, 0.3) is 5.56 Å². The fourth-order valence-corrected chi connectivity index (χ4v) is 2.40. The van der Waals surface area contributed by atoms with Crippen molar-refractivity contribution in [1.82, 2.24) is 10.2 Å². The summed E-state index contributed by atoms with van der Waals surface area (Å²) >= 11 is 6.06. The maximum Gasteiger partial charge on any atom is 0.264 e. The van der Waals surface area contributed by atoms with Gasteiger partial charge in [-0.1, -0.05) is 23.7 Å². The number of halogens is 2. The Morgan fingerprint density at radius 1 is 1.24 bits per heavy atom. The molecule has 0 fully saturated rings. The third kappa shape index (κ3) is 3.84. The number of aromatic nitrogens is 2. The molecule has 0 saturated carbocycles. The summed E-state index contributed by atoms with van der Waals surface area (Å²) in [5, 5.41) is 15.2. The summed E-state index contributed by atoms with van der Waals surface area (Å²) < 4.78 is 20.3. The minimum absolute atomic E-state index is 0.109. The second-order valence-corrected chi connectivity index (χ2v) is 5.59. The second kappa shape index (κ2) is 7.16. The summed E-state index contributed by atoms with van der Waals surface area (Å²) in [7, 11) is 0. The van der Waals surface area contributed by atoms with Gasteiger partial charge in [-0.25, -0.2) is 9.49 Å². The molecule has 7 heteroatoms. The Balaban J connectivity index is 1.93. The molecule has 0 amide bonds. The van der Waals surface area contributed by atoms with Crippen molar-refractivity contribution in [2.24, 2.45) is 0 Å². The molecule has 0 aliphatic heterocycles. The number of hydrogen-bond donors (Lipinski definition) is 1. The fourth-order valence-electron chi connectivity index (χ4n) is 2.22. The summed E-state index contributed by atoms with van der Waals surface area (Å²) in [6, 6.07) is 14.2. The van der Waals surface area contributed by atoms with Gasteiger partial charge >= 0.3 is 0 Å². The zero-order valence-corrected chi connectivity index (χ0v) is 13.5. The molecule has 3 rings (SSSR count). The molecule has 0 aliphatic rings. The van der Waals surface area contributed by atoms with Gasteiger partial charge in [0.1, 0.15) is 5.75 Å². The number of hydrogen-bond acceptors (Lipinski definition) is 4. The van der Waals surface area contributed by atoms with Crippen LogP contribution in [-0.2, 0) is 6.42 Å². The first-order valence-electron chi connectivity index (χ1n) is 7.26. The Morgan fingerprint density at radius 3 is 2.80 bits per heavy atom. The third-order valence-corrected chi connectivity index (χ3v) is 3.72. The van der Waals surface area contributed by atoms with Crippen molar-refractivity contribution in [3.05, 3.63) is 86.5 Å². The summed E-state index contributed by atoms with van der Waals surface area (Å²) in [6.07, 6.45) is 0.161. The highest BCUT2D eigenvalue weighted by molar-refractivity contribution is 6.32. The predicted octanol–water partition coefficient (Wildman–Crippen LogP) is 3.82. The van der Waals surface area contributed by atoms with Gasteiger partial charge < -0.3 is 4.74 Å². The van der Waals surface area contributed by atoms with E-state index in [0.29, 0.717) is 22.6 Å². The molecule has 0 saturated heterocycles. The molecule has 3 aromatic rings. The fraction of sp³-hybridized carbons (Fsp3) is 0.0556. The lowest BCUT2D eigenvalue weighted by Crippen LogP contribution is -2.08. The Morgan fingerprint density at radius 2 is 2.08 bits per heavy atom. The van der Waals surface area contributed by atoms with Crippen molar-refractivity contribution in [2.75, 3.05) is 0 Å². The lowest BCUT2D eigenvalue weighted by molar-refractivity contribution is 0.439. The third-order valence-electron chi connectivity index (χ3n) is 3.42. The minimum atomic E-state index is -0.622. The predicted molar refractivity (Wildman–Crippen MR) is 90.3 cm³/mol. The van der Waals surface area contributed by atoms with Crippen LogP contribution in [0.3, 0.4) is 0 Å². The first kappa shape index (κ1) is 16.7. The van der Waals surface area contributed by atoms with Gasteiger partial charge in [-0.05, 0) is 35.9 Å². The quantitative estimate of drug-likeness (QED) is 0.771. The van der Waals surface area contributed by atoms with Crippen LogP contribution < -0.4 is 10.3 Å². The zero-order valence-electron chi connectivity index (χ0n) is 12.8. The highest BCUT2D eigenvalue weighted by Crippen LogP contribution is 2.34. The van der Waals surface area contributed by atoms with Crippen molar-refractivity contribution in [1.29, 1.82) is 5.26 Å². The average Bonchev–Trinajstić information content (AvgIpc) is 2.63. The lowest BCUT2D eigenvalue weighted by atomic mass is 10.1. The van der Waals surface area contributed by atoms with E-state index in [0.717, 1.165) is 0 Å². The minimum Gasteiger partial charge on any atom is -0.453 e. The molecule has 1 aromatic heterocycles. The van der Waals surface area contributed by atoms with Gasteiger partial charge in [-0.15, -0.1) is 0 Å². The van der Waals surface area contributed by atoms with Gasteiger partial charge in [0.15, 0.2) is 11.6 Å². The van der Waals surface area contributed by atoms with Gasteiger partial charge in [0, 0.05) is 12.5 Å². The number of H-pyrrole nitrogens is 1. The summed E-state index contributed by atoms with van der Waals surface area (Å²) in [4.78, 5) is 11.0. The SMILES string of the molecule is N#Cc1cccc(Oc2c(Cl)ccc(Cc3ccc(=O)[nH]n3)c2F)c1. The number of nitrogens with zero attached hydrogens (tertiary/aromatic N) is 2. The van der Waals surface area contributed by atoms with Gasteiger partial charge in [-0.3, -0.25) is 4.79 Å². The van der Waals surface area contributed by atoms with E-state index in [9.17, 15) is 9.18 Å². The van der Waals surface area contributed by atoms with Gasteiger partial charge in [0.05, 0.1) is 22.3 Å². The summed E-state index contributed by atoms with van der Waals surface area (Å²) in [5.74, 6) is -0.444. The lowest BCUT2D eigenvalue weighted by Gasteiger charge is -2.12. The van der Waals surface area contributed by atoms with Crippen LogP contribution in [0, 0.1) is 17.1 Å². The van der Waals surface area contributed by atoms with Gasteiger partial charge in [-0.2, -0.15) is 10.4 Å². The molecule has 0 radical (unpaired) electrons. The highest BCUT2D eigenvalue weighted by Gasteiger charge is 2.16. The molecule has 0 spiro atoms. The largest absolute Gasteiger partial charge is 0.453 e. The molecule has 1 N–H and O–H groups in total.